The smallest absolute Gasteiger partial charge is 0.223 e. The summed E-state index contributed by atoms with van der Waals surface area (Å²) >= 11 is 3.46. The van der Waals surface area contributed by atoms with Gasteiger partial charge in [-0.05, 0) is 56.7 Å². The molecule has 3 rings (SSSR count). The van der Waals surface area contributed by atoms with Crippen LogP contribution in [0.15, 0.2) is 33.7 Å². The van der Waals surface area contributed by atoms with Gasteiger partial charge in [-0.1, -0.05) is 34.5 Å². The Bertz CT molecular complexity index is 627. The first-order chi connectivity index (χ1) is 12.6. The van der Waals surface area contributed by atoms with Crippen LogP contribution in [0.5, 0.6) is 0 Å². The molecule has 3 N–H and O–H groups in total. The second-order valence-corrected chi connectivity index (χ2v) is 8.22. The first-order valence-corrected chi connectivity index (χ1v) is 10.5. The highest BCUT2D eigenvalue weighted by Crippen LogP contribution is 2.26. The van der Waals surface area contributed by atoms with Crippen molar-refractivity contribution in [3.05, 3.63) is 34.3 Å². The van der Waals surface area contributed by atoms with Crippen molar-refractivity contribution in [2.45, 2.75) is 64.1 Å². The van der Waals surface area contributed by atoms with Crippen LogP contribution < -0.4 is 16.0 Å². The van der Waals surface area contributed by atoms with Gasteiger partial charge in [0, 0.05) is 29.0 Å². The molecule has 1 amide bonds. The van der Waals surface area contributed by atoms with Crippen LogP contribution in [0.4, 0.5) is 0 Å². The van der Waals surface area contributed by atoms with Crippen molar-refractivity contribution in [1.82, 2.24) is 16.0 Å². The van der Waals surface area contributed by atoms with E-state index in [0.29, 0.717) is 18.6 Å². The lowest BCUT2D eigenvalue weighted by Gasteiger charge is -2.30. The maximum atomic E-state index is 12.4. The zero-order valence-corrected chi connectivity index (χ0v) is 17.0. The van der Waals surface area contributed by atoms with Gasteiger partial charge in [0.15, 0.2) is 5.96 Å². The monoisotopic (exact) mass is 420 g/mol. The Labute approximate surface area is 164 Å². The van der Waals surface area contributed by atoms with Crippen molar-refractivity contribution >= 4 is 27.8 Å². The van der Waals surface area contributed by atoms with Crippen LogP contribution in [0, 0.1) is 5.92 Å². The molecule has 0 aliphatic heterocycles. The van der Waals surface area contributed by atoms with Crippen LogP contribution in [0.3, 0.4) is 0 Å². The number of hydrogen-bond acceptors (Lipinski definition) is 2. The van der Waals surface area contributed by atoms with E-state index in [9.17, 15) is 4.79 Å². The Kier molecular flexibility index (Phi) is 6.94. The first-order valence-electron chi connectivity index (χ1n) is 9.73. The van der Waals surface area contributed by atoms with Gasteiger partial charge in [0.1, 0.15) is 0 Å². The van der Waals surface area contributed by atoms with Gasteiger partial charge in [-0.15, -0.1) is 0 Å². The molecule has 2 saturated carbocycles. The van der Waals surface area contributed by atoms with Crippen molar-refractivity contribution in [2.75, 3.05) is 6.54 Å². The molecule has 2 aliphatic carbocycles. The van der Waals surface area contributed by atoms with Crippen molar-refractivity contribution in [2.24, 2.45) is 10.9 Å². The summed E-state index contributed by atoms with van der Waals surface area (Å²) in [4.78, 5) is 17.1. The van der Waals surface area contributed by atoms with Crippen LogP contribution in [-0.2, 0) is 11.3 Å². The summed E-state index contributed by atoms with van der Waals surface area (Å²) in [6.07, 6.45) is 6.37. The average Bonchev–Trinajstić information content (AvgIpc) is 3.45. The molecule has 0 saturated heterocycles. The maximum Gasteiger partial charge on any atom is 0.223 e. The second-order valence-electron chi connectivity index (χ2n) is 7.31. The fraction of sp³-hybridized carbons (Fsp3) is 0.600. The van der Waals surface area contributed by atoms with Crippen LogP contribution in [-0.4, -0.2) is 30.5 Å². The number of aliphatic imine (C=N–C) groups is 1. The molecule has 26 heavy (non-hydrogen) atoms. The van der Waals surface area contributed by atoms with Crippen molar-refractivity contribution < 1.29 is 4.79 Å². The van der Waals surface area contributed by atoms with E-state index in [1.54, 1.807) is 0 Å². The molecule has 2 fully saturated rings. The van der Waals surface area contributed by atoms with Gasteiger partial charge in [0.2, 0.25) is 5.91 Å². The topological polar surface area (TPSA) is 65.5 Å². The molecule has 2 aliphatic rings. The molecule has 0 spiro atoms. The Morgan fingerprint density at radius 1 is 1.12 bits per heavy atom. The summed E-state index contributed by atoms with van der Waals surface area (Å²) in [6, 6.07) is 8.98. The van der Waals surface area contributed by atoms with E-state index in [4.69, 9.17) is 4.99 Å². The molecule has 2 atom stereocenters. The van der Waals surface area contributed by atoms with Gasteiger partial charge in [-0.3, -0.25) is 4.79 Å². The number of hydrogen-bond donors (Lipinski definition) is 3. The Hall–Kier alpha value is -1.56. The summed E-state index contributed by atoms with van der Waals surface area (Å²) in [5.74, 6) is 1.22. The first kappa shape index (κ1) is 19.2. The van der Waals surface area contributed by atoms with E-state index in [2.05, 4.69) is 50.9 Å². The summed E-state index contributed by atoms with van der Waals surface area (Å²) < 4.78 is 1.08. The number of carbonyl (C=O) groups excluding carboxylic acids is 1. The highest BCUT2D eigenvalue weighted by Gasteiger charge is 2.31. The number of benzene rings is 1. The maximum absolute atomic E-state index is 12.4. The van der Waals surface area contributed by atoms with E-state index in [1.165, 1.54) is 5.56 Å². The third-order valence-electron chi connectivity index (χ3n) is 4.99. The fourth-order valence-electron chi connectivity index (χ4n) is 3.38. The van der Waals surface area contributed by atoms with Crippen molar-refractivity contribution in [1.29, 1.82) is 0 Å². The number of halogens is 1. The number of rotatable bonds is 6. The van der Waals surface area contributed by atoms with Crippen molar-refractivity contribution in [3.63, 3.8) is 0 Å². The molecule has 0 bridgehead atoms. The van der Waals surface area contributed by atoms with Crippen LogP contribution in [0.1, 0.15) is 51.0 Å². The largest absolute Gasteiger partial charge is 0.357 e. The van der Waals surface area contributed by atoms with Crippen LogP contribution in [0.2, 0.25) is 0 Å². The van der Waals surface area contributed by atoms with Crippen LogP contribution >= 0.6 is 15.9 Å². The molecular formula is C20H29BrN4O. The fourth-order valence-corrected chi connectivity index (χ4v) is 3.64. The number of carbonyl (C=O) groups is 1. The van der Waals surface area contributed by atoms with E-state index >= 15 is 0 Å². The van der Waals surface area contributed by atoms with E-state index in [0.717, 1.165) is 55.5 Å². The highest BCUT2D eigenvalue weighted by molar-refractivity contribution is 9.10. The lowest BCUT2D eigenvalue weighted by Crippen LogP contribution is -2.47. The third-order valence-corrected chi connectivity index (χ3v) is 5.52. The van der Waals surface area contributed by atoms with Gasteiger partial charge in [0.05, 0.1) is 6.54 Å². The number of nitrogens with zero attached hydrogens (tertiary/aromatic N) is 1. The van der Waals surface area contributed by atoms with Gasteiger partial charge in [-0.2, -0.15) is 0 Å². The van der Waals surface area contributed by atoms with Crippen molar-refractivity contribution in [3.8, 4) is 0 Å². The van der Waals surface area contributed by atoms with Gasteiger partial charge in [0.25, 0.3) is 0 Å². The lowest BCUT2D eigenvalue weighted by molar-refractivity contribution is -0.126. The van der Waals surface area contributed by atoms with Crippen LogP contribution in [0.25, 0.3) is 0 Å². The summed E-state index contributed by atoms with van der Waals surface area (Å²) in [6.45, 7) is 3.54. The summed E-state index contributed by atoms with van der Waals surface area (Å²) in [5.41, 5.74) is 1.18. The normalized spacial score (nSPS) is 23.4. The molecule has 142 valence electrons. The highest BCUT2D eigenvalue weighted by atomic mass is 79.9. The Balaban J connectivity index is 1.54. The van der Waals surface area contributed by atoms with E-state index in [-0.39, 0.29) is 11.8 Å². The molecular weight excluding hydrogens is 392 g/mol. The summed E-state index contributed by atoms with van der Waals surface area (Å²) in [5, 5.41) is 10.0. The molecule has 6 heteroatoms. The minimum atomic E-state index is 0.135. The predicted molar refractivity (Wildman–Crippen MR) is 109 cm³/mol. The molecule has 0 heterocycles. The predicted octanol–water partition coefficient (Wildman–Crippen LogP) is 3.34. The number of guanidine groups is 1. The van der Waals surface area contributed by atoms with Gasteiger partial charge in [-0.25, -0.2) is 4.99 Å². The zero-order chi connectivity index (χ0) is 18.4. The molecule has 2 unspecified atom stereocenters. The lowest BCUT2D eigenvalue weighted by atomic mass is 9.85. The Morgan fingerprint density at radius 2 is 1.88 bits per heavy atom. The molecule has 5 nitrogen and oxygen atoms in total. The molecule has 1 aromatic rings. The standard InChI is InChI=1S/C20H29BrN4O/c1-2-22-20(23-13-14-6-8-16(21)9-7-14)25-18-5-3-4-15(12-18)19(26)24-17-10-11-17/h6-9,15,17-18H,2-5,10-13H2,1H3,(H,24,26)(H2,22,23,25). The van der Waals surface area contributed by atoms with E-state index < -0.39 is 0 Å². The zero-order valence-electron chi connectivity index (χ0n) is 15.4. The van der Waals surface area contributed by atoms with E-state index in [1.807, 2.05) is 12.1 Å². The van der Waals surface area contributed by atoms with Gasteiger partial charge >= 0.3 is 0 Å². The number of amides is 1. The third kappa shape index (κ3) is 6.01. The summed E-state index contributed by atoms with van der Waals surface area (Å²) in [7, 11) is 0. The molecule has 0 radical (unpaired) electrons. The Morgan fingerprint density at radius 3 is 2.58 bits per heavy atom. The minimum Gasteiger partial charge on any atom is -0.357 e. The molecule has 0 aromatic heterocycles. The minimum absolute atomic E-state index is 0.135. The second kappa shape index (κ2) is 9.40. The average molecular weight is 421 g/mol. The SMILES string of the molecule is CCNC(=NCc1ccc(Br)cc1)NC1CCCC(C(=O)NC2CC2)C1. The molecule has 1 aromatic carbocycles. The quantitative estimate of drug-likeness (QED) is 0.488. The number of nitrogens with one attached hydrogen (secondary N) is 3. The van der Waals surface area contributed by atoms with Gasteiger partial charge < -0.3 is 16.0 Å².